The van der Waals surface area contributed by atoms with Crippen LogP contribution in [0.2, 0.25) is 0 Å². The summed E-state index contributed by atoms with van der Waals surface area (Å²) in [6.07, 6.45) is 3.70. The molecule has 0 spiro atoms. The quantitative estimate of drug-likeness (QED) is 0.682. The molecule has 15 heavy (non-hydrogen) atoms. The molecule has 0 saturated heterocycles. The molecule has 1 rings (SSSR count). The summed E-state index contributed by atoms with van der Waals surface area (Å²) < 4.78 is 4.48. The highest BCUT2D eigenvalue weighted by Gasteiger charge is 2.30. The van der Waals surface area contributed by atoms with Crippen LogP contribution >= 0.6 is 0 Å². The highest BCUT2D eigenvalue weighted by atomic mass is 16.5. The summed E-state index contributed by atoms with van der Waals surface area (Å²) >= 11 is 0. The van der Waals surface area contributed by atoms with Gasteiger partial charge in [0.1, 0.15) is 0 Å². The Morgan fingerprint density at radius 3 is 2.53 bits per heavy atom. The number of hydrogen-bond donors (Lipinski definition) is 2. The van der Waals surface area contributed by atoms with Crippen molar-refractivity contribution in [2.75, 3.05) is 7.11 Å². The molecule has 1 amide bonds. The van der Waals surface area contributed by atoms with Crippen LogP contribution in [0.4, 0.5) is 4.79 Å². The molecule has 2 atom stereocenters. The van der Waals surface area contributed by atoms with E-state index in [0.717, 1.165) is 19.3 Å². The number of hydrogen-bond acceptors (Lipinski definition) is 3. The topological polar surface area (TPSA) is 75.6 Å². The number of carbonyl (C=O) groups is 2. The molecular weight excluding hydrogens is 198 g/mol. The Balaban J connectivity index is 2.61. The molecule has 1 fully saturated rings. The summed E-state index contributed by atoms with van der Waals surface area (Å²) in [6, 6.07) is -0.294. The van der Waals surface area contributed by atoms with Gasteiger partial charge < -0.3 is 15.2 Å². The zero-order valence-electron chi connectivity index (χ0n) is 8.86. The second-order valence-corrected chi connectivity index (χ2v) is 3.83. The van der Waals surface area contributed by atoms with Crippen LogP contribution in [0.25, 0.3) is 0 Å². The number of aliphatic carboxylic acids is 1. The molecule has 0 aromatic rings. The van der Waals surface area contributed by atoms with Gasteiger partial charge in [0.05, 0.1) is 13.0 Å². The summed E-state index contributed by atoms with van der Waals surface area (Å²) in [4.78, 5) is 22.0. The van der Waals surface area contributed by atoms with Gasteiger partial charge in [-0.2, -0.15) is 0 Å². The van der Waals surface area contributed by atoms with E-state index in [1.54, 1.807) is 0 Å². The summed E-state index contributed by atoms with van der Waals surface area (Å²) in [5, 5.41) is 11.6. The van der Waals surface area contributed by atoms with Crippen molar-refractivity contribution in [1.29, 1.82) is 0 Å². The Bertz CT molecular complexity index is 242. The van der Waals surface area contributed by atoms with Crippen LogP contribution in [0, 0.1) is 5.92 Å². The molecule has 1 saturated carbocycles. The fraction of sp³-hybridized carbons (Fsp3) is 0.800. The van der Waals surface area contributed by atoms with E-state index in [-0.39, 0.29) is 6.04 Å². The summed E-state index contributed by atoms with van der Waals surface area (Å²) in [5.74, 6) is -1.31. The molecule has 5 heteroatoms. The number of nitrogens with one attached hydrogen (secondary N) is 1. The minimum Gasteiger partial charge on any atom is -0.481 e. The first-order valence-electron chi connectivity index (χ1n) is 5.22. The van der Waals surface area contributed by atoms with Crippen molar-refractivity contribution < 1.29 is 19.4 Å². The lowest BCUT2D eigenvalue weighted by Crippen LogP contribution is -2.42. The third-order valence-corrected chi connectivity index (χ3v) is 2.82. The molecule has 0 aromatic carbocycles. The highest BCUT2D eigenvalue weighted by Crippen LogP contribution is 2.23. The van der Waals surface area contributed by atoms with Gasteiger partial charge >= 0.3 is 12.1 Å². The Morgan fingerprint density at radius 2 is 1.93 bits per heavy atom. The van der Waals surface area contributed by atoms with E-state index < -0.39 is 18.0 Å². The maximum absolute atomic E-state index is 11.0. The number of amides is 1. The molecule has 1 aliphatic carbocycles. The number of alkyl carbamates (subject to hydrolysis) is 1. The summed E-state index contributed by atoms with van der Waals surface area (Å²) in [6.45, 7) is 0. The average Bonchev–Trinajstić information content (AvgIpc) is 2.43. The molecule has 86 valence electrons. The molecule has 0 unspecified atom stereocenters. The first kappa shape index (κ1) is 11.8. The van der Waals surface area contributed by atoms with Gasteiger partial charge in [0.2, 0.25) is 0 Å². The second-order valence-electron chi connectivity index (χ2n) is 3.83. The lowest BCUT2D eigenvalue weighted by Gasteiger charge is -2.21. The Kier molecular flexibility index (Phi) is 4.39. The van der Waals surface area contributed by atoms with Crippen LogP contribution in [0.3, 0.4) is 0 Å². The zero-order chi connectivity index (χ0) is 11.3. The van der Waals surface area contributed by atoms with Gasteiger partial charge in [-0.25, -0.2) is 4.79 Å². The Hall–Kier alpha value is -1.26. The van der Waals surface area contributed by atoms with E-state index in [1.807, 2.05) is 0 Å². The first-order chi connectivity index (χ1) is 7.15. The van der Waals surface area contributed by atoms with Crippen molar-refractivity contribution in [2.45, 2.75) is 38.1 Å². The van der Waals surface area contributed by atoms with Crippen molar-refractivity contribution >= 4 is 12.1 Å². The number of rotatable bonds is 2. The van der Waals surface area contributed by atoms with Gasteiger partial charge in [-0.3, -0.25) is 4.79 Å². The number of carboxylic acid groups (broad SMARTS) is 1. The number of carbonyl (C=O) groups excluding carboxylic acids is 1. The van der Waals surface area contributed by atoms with E-state index in [2.05, 4.69) is 10.1 Å². The highest BCUT2D eigenvalue weighted by molar-refractivity contribution is 5.73. The third-order valence-electron chi connectivity index (χ3n) is 2.82. The normalized spacial score (nSPS) is 26.5. The Labute approximate surface area is 88.8 Å². The van der Waals surface area contributed by atoms with Crippen LogP contribution in [-0.2, 0) is 9.53 Å². The zero-order valence-corrected chi connectivity index (χ0v) is 8.86. The van der Waals surface area contributed by atoms with Gasteiger partial charge in [-0.1, -0.05) is 19.3 Å². The second kappa shape index (κ2) is 5.58. The van der Waals surface area contributed by atoms with Crippen molar-refractivity contribution in [2.24, 2.45) is 5.92 Å². The van der Waals surface area contributed by atoms with Gasteiger partial charge in [-0.15, -0.1) is 0 Å². The largest absolute Gasteiger partial charge is 0.481 e. The monoisotopic (exact) mass is 215 g/mol. The van der Waals surface area contributed by atoms with Crippen LogP contribution < -0.4 is 5.32 Å². The number of ether oxygens (including phenoxy) is 1. The predicted molar refractivity (Wildman–Crippen MR) is 53.5 cm³/mol. The van der Waals surface area contributed by atoms with Crippen molar-refractivity contribution in [3.05, 3.63) is 0 Å². The SMILES string of the molecule is COC(=O)N[C@@H]1CCCCC[C@H]1C(=O)O. The molecule has 0 aromatic heterocycles. The predicted octanol–water partition coefficient (Wildman–Crippen LogP) is 1.38. The van der Waals surface area contributed by atoms with Crippen molar-refractivity contribution in [3.63, 3.8) is 0 Å². The Morgan fingerprint density at radius 1 is 1.27 bits per heavy atom. The summed E-state index contributed by atoms with van der Waals surface area (Å²) in [5.41, 5.74) is 0. The maximum atomic E-state index is 11.0. The molecule has 0 bridgehead atoms. The van der Waals surface area contributed by atoms with E-state index in [1.165, 1.54) is 7.11 Å². The minimum atomic E-state index is -0.835. The molecule has 0 heterocycles. The van der Waals surface area contributed by atoms with Crippen LogP contribution in [0.5, 0.6) is 0 Å². The van der Waals surface area contributed by atoms with E-state index >= 15 is 0 Å². The van der Waals surface area contributed by atoms with Crippen LogP contribution in [-0.4, -0.2) is 30.3 Å². The maximum Gasteiger partial charge on any atom is 0.407 e. The van der Waals surface area contributed by atoms with Gasteiger partial charge in [0, 0.05) is 6.04 Å². The van der Waals surface area contributed by atoms with E-state index in [0.29, 0.717) is 12.8 Å². The number of carboxylic acids is 1. The standard InChI is InChI=1S/C10H17NO4/c1-15-10(14)11-8-6-4-2-3-5-7(8)9(12)13/h7-8H,2-6H2,1H3,(H,11,14)(H,12,13)/t7-,8-/m1/s1. The molecule has 1 aliphatic rings. The van der Waals surface area contributed by atoms with E-state index in [9.17, 15) is 9.59 Å². The summed E-state index contributed by atoms with van der Waals surface area (Å²) in [7, 11) is 1.28. The van der Waals surface area contributed by atoms with Crippen molar-refractivity contribution in [3.8, 4) is 0 Å². The average molecular weight is 215 g/mol. The molecule has 0 aliphatic heterocycles. The van der Waals surface area contributed by atoms with Gasteiger partial charge in [0.25, 0.3) is 0 Å². The minimum absolute atomic E-state index is 0.294. The van der Waals surface area contributed by atoms with Crippen LogP contribution in [0.1, 0.15) is 32.1 Å². The first-order valence-corrected chi connectivity index (χ1v) is 5.22. The molecular formula is C10H17NO4. The third kappa shape index (κ3) is 3.42. The molecule has 5 nitrogen and oxygen atoms in total. The molecule has 0 radical (unpaired) electrons. The van der Waals surface area contributed by atoms with Crippen molar-refractivity contribution in [1.82, 2.24) is 5.32 Å². The van der Waals surface area contributed by atoms with Gasteiger partial charge in [-0.05, 0) is 12.8 Å². The fourth-order valence-corrected chi connectivity index (χ4v) is 1.99. The molecule has 2 N–H and O–H groups in total. The lowest BCUT2D eigenvalue weighted by atomic mass is 9.95. The van der Waals surface area contributed by atoms with E-state index in [4.69, 9.17) is 5.11 Å². The van der Waals surface area contributed by atoms with Gasteiger partial charge in [0.15, 0.2) is 0 Å². The van der Waals surface area contributed by atoms with Crippen LogP contribution in [0.15, 0.2) is 0 Å². The fourth-order valence-electron chi connectivity index (χ4n) is 1.99. The number of methoxy groups -OCH3 is 1. The smallest absolute Gasteiger partial charge is 0.407 e. The lowest BCUT2D eigenvalue weighted by molar-refractivity contribution is -0.142.